The molecule has 1 N–H and O–H groups in total. The van der Waals surface area contributed by atoms with Crippen LogP contribution in [0.15, 0.2) is 18.3 Å². The minimum atomic E-state index is -0.851. The van der Waals surface area contributed by atoms with Gasteiger partial charge in [0.25, 0.3) is 5.91 Å². The summed E-state index contributed by atoms with van der Waals surface area (Å²) in [6.07, 6.45) is 2.90. The van der Waals surface area contributed by atoms with Crippen molar-refractivity contribution in [2.45, 2.75) is 26.7 Å². The number of rotatable bonds is 2. The van der Waals surface area contributed by atoms with Crippen LogP contribution in [0, 0.1) is 12.3 Å². The van der Waals surface area contributed by atoms with E-state index < -0.39 is 11.4 Å². The number of aliphatic carboxylic acids is 1. The molecule has 1 aliphatic rings. The standard InChI is InChI=1S/C14H18N2O3/c1-10-5-3-7-15-11(10)12(17)16-8-4-6-14(2,9-16)13(18)19/h3,5,7H,4,6,8-9H2,1-2H3,(H,18,19). The molecule has 0 bridgehead atoms. The number of piperidine rings is 1. The third-order valence-electron chi connectivity index (χ3n) is 3.71. The molecule has 5 nitrogen and oxygen atoms in total. The van der Waals surface area contributed by atoms with Gasteiger partial charge in [0.2, 0.25) is 0 Å². The Kier molecular flexibility index (Phi) is 3.55. The first-order valence-corrected chi connectivity index (χ1v) is 6.38. The van der Waals surface area contributed by atoms with E-state index >= 15 is 0 Å². The molecule has 0 radical (unpaired) electrons. The Hall–Kier alpha value is -1.91. The molecule has 5 heteroatoms. The van der Waals surface area contributed by atoms with E-state index in [9.17, 15) is 14.7 Å². The molecule has 2 rings (SSSR count). The number of nitrogens with zero attached hydrogens (tertiary/aromatic N) is 2. The fraction of sp³-hybridized carbons (Fsp3) is 0.500. The predicted molar refractivity (Wildman–Crippen MR) is 69.9 cm³/mol. The van der Waals surface area contributed by atoms with E-state index in [2.05, 4.69) is 4.98 Å². The summed E-state index contributed by atoms with van der Waals surface area (Å²) in [6, 6.07) is 3.62. The first-order chi connectivity index (χ1) is 8.94. The molecular weight excluding hydrogens is 244 g/mol. The summed E-state index contributed by atoms with van der Waals surface area (Å²) in [6.45, 7) is 4.37. The minimum absolute atomic E-state index is 0.176. The molecule has 1 aliphatic heterocycles. The fourth-order valence-corrected chi connectivity index (χ4v) is 2.45. The SMILES string of the molecule is Cc1cccnc1C(=O)N1CCCC(C)(C(=O)O)C1. The topological polar surface area (TPSA) is 70.5 Å². The number of amides is 1. The minimum Gasteiger partial charge on any atom is -0.481 e. The fourth-order valence-electron chi connectivity index (χ4n) is 2.45. The summed E-state index contributed by atoms with van der Waals surface area (Å²) in [5.74, 6) is -1.02. The lowest BCUT2D eigenvalue weighted by molar-refractivity contribution is -0.150. The molecule has 2 heterocycles. The summed E-state index contributed by atoms with van der Waals surface area (Å²) in [5.41, 5.74) is 0.378. The van der Waals surface area contributed by atoms with E-state index in [0.717, 1.165) is 5.56 Å². The van der Waals surface area contributed by atoms with Crippen LogP contribution in [0.4, 0.5) is 0 Å². The van der Waals surface area contributed by atoms with Gasteiger partial charge < -0.3 is 10.0 Å². The van der Waals surface area contributed by atoms with Crippen molar-refractivity contribution in [2.75, 3.05) is 13.1 Å². The van der Waals surface area contributed by atoms with Crippen molar-refractivity contribution in [3.8, 4) is 0 Å². The third-order valence-corrected chi connectivity index (χ3v) is 3.71. The highest BCUT2D eigenvalue weighted by Crippen LogP contribution is 2.30. The molecule has 19 heavy (non-hydrogen) atoms. The molecule has 1 atom stereocenters. The van der Waals surface area contributed by atoms with Crippen molar-refractivity contribution in [1.29, 1.82) is 0 Å². The maximum Gasteiger partial charge on any atom is 0.311 e. The number of hydrogen-bond donors (Lipinski definition) is 1. The predicted octanol–water partition coefficient (Wildman–Crippen LogP) is 1.72. The summed E-state index contributed by atoms with van der Waals surface area (Å²) in [4.78, 5) is 29.4. The molecular formula is C14H18N2O3. The third kappa shape index (κ3) is 2.59. The number of pyridine rings is 1. The Balaban J connectivity index is 2.21. The van der Waals surface area contributed by atoms with Crippen LogP contribution in [-0.2, 0) is 4.79 Å². The van der Waals surface area contributed by atoms with Crippen molar-refractivity contribution in [1.82, 2.24) is 9.88 Å². The van der Waals surface area contributed by atoms with E-state index in [1.54, 1.807) is 24.1 Å². The second-order valence-electron chi connectivity index (χ2n) is 5.36. The Morgan fingerprint density at radius 1 is 1.47 bits per heavy atom. The molecule has 102 valence electrons. The summed E-state index contributed by atoms with van der Waals surface area (Å²) >= 11 is 0. The van der Waals surface area contributed by atoms with Gasteiger partial charge in [-0.25, -0.2) is 0 Å². The molecule has 0 saturated carbocycles. The van der Waals surface area contributed by atoms with Crippen molar-refractivity contribution in [2.24, 2.45) is 5.41 Å². The molecule has 0 aromatic carbocycles. The number of likely N-dealkylation sites (tertiary alicyclic amines) is 1. The lowest BCUT2D eigenvalue weighted by atomic mass is 9.82. The first kappa shape index (κ1) is 13.5. The molecule has 1 amide bonds. The highest BCUT2D eigenvalue weighted by molar-refractivity contribution is 5.94. The molecule has 1 saturated heterocycles. The van der Waals surface area contributed by atoms with Gasteiger partial charge in [0, 0.05) is 19.3 Å². The lowest BCUT2D eigenvalue weighted by Crippen LogP contribution is -2.48. The quantitative estimate of drug-likeness (QED) is 0.881. The smallest absolute Gasteiger partial charge is 0.311 e. The normalized spacial score (nSPS) is 23.2. The van der Waals surface area contributed by atoms with Crippen molar-refractivity contribution in [3.05, 3.63) is 29.6 Å². The second-order valence-corrected chi connectivity index (χ2v) is 5.36. The molecule has 0 aliphatic carbocycles. The summed E-state index contributed by atoms with van der Waals surface area (Å²) in [7, 11) is 0. The van der Waals surface area contributed by atoms with Crippen LogP contribution in [0.2, 0.25) is 0 Å². The van der Waals surface area contributed by atoms with Crippen LogP contribution in [0.3, 0.4) is 0 Å². The number of carbonyl (C=O) groups excluding carboxylic acids is 1. The number of carboxylic acids is 1. The van der Waals surface area contributed by atoms with Crippen LogP contribution >= 0.6 is 0 Å². The van der Waals surface area contributed by atoms with E-state index in [1.807, 2.05) is 13.0 Å². The van der Waals surface area contributed by atoms with Crippen LogP contribution in [0.5, 0.6) is 0 Å². The Bertz CT molecular complexity index is 515. The van der Waals surface area contributed by atoms with E-state index in [0.29, 0.717) is 25.1 Å². The van der Waals surface area contributed by atoms with Gasteiger partial charge in [0.15, 0.2) is 0 Å². The van der Waals surface area contributed by atoms with Crippen LogP contribution in [0.1, 0.15) is 35.8 Å². The number of aryl methyl sites for hydroxylation is 1. The van der Waals surface area contributed by atoms with Gasteiger partial charge in [-0.2, -0.15) is 0 Å². The van der Waals surface area contributed by atoms with Gasteiger partial charge >= 0.3 is 5.97 Å². The summed E-state index contributed by atoms with van der Waals surface area (Å²) < 4.78 is 0. The Morgan fingerprint density at radius 3 is 2.84 bits per heavy atom. The van der Waals surface area contributed by atoms with E-state index in [-0.39, 0.29) is 12.5 Å². The Labute approximate surface area is 112 Å². The average Bonchev–Trinajstić information content (AvgIpc) is 2.38. The van der Waals surface area contributed by atoms with Crippen LogP contribution in [-0.4, -0.2) is 40.0 Å². The van der Waals surface area contributed by atoms with Crippen molar-refractivity contribution in [3.63, 3.8) is 0 Å². The zero-order valence-electron chi connectivity index (χ0n) is 11.2. The number of hydrogen-bond acceptors (Lipinski definition) is 3. The van der Waals surface area contributed by atoms with Crippen molar-refractivity contribution >= 4 is 11.9 Å². The van der Waals surface area contributed by atoms with Gasteiger partial charge in [0.1, 0.15) is 5.69 Å². The summed E-state index contributed by atoms with van der Waals surface area (Å²) in [5, 5.41) is 9.27. The van der Waals surface area contributed by atoms with Crippen LogP contribution < -0.4 is 0 Å². The first-order valence-electron chi connectivity index (χ1n) is 6.38. The maximum atomic E-state index is 12.4. The highest BCUT2D eigenvalue weighted by atomic mass is 16.4. The van der Waals surface area contributed by atoms with Crippen LogP contribution in [0.25, 0.3) is 0 Å². The lowest BCUT2D eigenvalue weighted by Gasteiger charge is -2.37. The highest BCUT2D eigenvalue weighted by Gasteiger charge is 2.39. The number of carbonyl (C=O) groups is 2. The number of carboxylic acid groups (broad SMARTS) is 1. The zero-order chi connectivity index (χ0) is 14.0. The van der Waals surface area contributed by atoms with Gasteiger partial charge in [-0.1, -0.05) is 6.07 Å². The monoisotopic (exact) mass is 262 g/mol. The number of aromatic nitrogens is 1. The average molecular weight is 262 g/mol. The van der Waals surface area contributed by atoms with Gasteiger partial charge in [-0.3, -0.25) is 14.6 Å². The van der Waals surface area contributed by atoms with E-state index in [1.165, 1.54) is 0 Å². The zero-order valence-corrected chi connectivity index (χ0v) is 11.2. The second kappa shape index (κ2) is 4.99. The Morgan fingerprint density at radius 2 is 2.21 bits per heavy atom. The molecule has 1 fully saturated rings. The molecule has 1 aromatic heterocycles. The van der Waals surface area contributed by atoms with Gasteiger partial charge in [-0.15, -0.1) is 0 Å². The van der Waals surface area contributed by atoms with Gasteiger partial charge in [-0.05, 0) is 38.3 Å². The molecule has 1 aromatic rings. The largest absolute Gasteiger partial charge is 0.481 e. The maximum absolute atomic E-state index is 12.4. The van der Waals surface area contributed by atoms with E-state index in [4.69, 9.17) is 0 Å². The molecule has 1 unspecified atom stereocenters. The van der Waals surface area contributed by atoms with Gasteiger partial charge in [0.05, 0.1) is 5.41 Å². The van der Waals surface area contributed by atoms with Crippen molar-refractivity contribution < 1.29 is 14.7 Å². The molecule has 0 spiro atoms.